The van der Waals surface area contributed by atoms with Crippen LogP contribution in [0.2, 0.25) is 10.0 Å². The highest BCUT2D eigenvalue weighted by atomic mass is 35.5. The van der Waals surface area contributed by atoms with Gasteiger partial charge in [-0.05, 0) is 37.5 Å². The number of anilines is 1. The summed E-state index contributed by atoms with van der Waals surface area (Å²) in [5.74, 6) is 1.52. The minimum atomic E-state index is 0.288. The Bertz CT molecular complexity index is 791. The van der Waals surface area contributed by atoms with Crippen LogP contribution in [0.25, 0.3) is 10.9 Å². The highest BCUT2D eigenvalue weighted by molar-refractivity contribution is 6.45. The van der Waals surface area contributed by atoms with E-state index in [0.717, 1.165) is 62.2 Å². The SMILES string of the molecule is O=C(C1CC1)N1CCCN(c2ccc3ccc(Cl)c(Cl)c3n2)CC1. The van der Waals surface area contributed by atoms with Crippen LogP contribution in [-0.4, -0.2) is 42.0 Å². The average Bonchev–Trinajstić information content (AvgIpc) is 3.44. The predicted octanol–water partition coefficient (Wildman–Crippen LogP) is 3.99. The van der Waals surface area contributed by atoms with Crippen LogP contribution in [0, 0.1) is 5.92 Å². The summed E-state index contributed by atoms with van der Waals surface area (Å²) in [5.41, 5.74) is 0.733. The number of hydrogen-bond donors (Lipinski definition) is 0. The van der Waals surface area contributed by atoms with E-state index >= 15 is 0 Å². The third-order valence-electron chi connectivity index (χ3n) is 4.80. The summed E-state index contributed by atoms with van der Waals surface area (Å²) in [6.07, 6.45) is 3.08. The first-order valence-electron chi connectivity index (χ1n) is 8.42. The van der Waals surface area contributed by atoms with Gasteiger partial charge in [-0.25, -0.2) is 4.98 Å². The lowest BCUT2D eigenvalue weighted by atomic mass is 10.2. The molecule has 0 atom stereocenters. The van der Waals surface area contributed by atoms with Crippen molar-refractivity contribution in [2.24, 2.45) is 5.92 Å². The first-order valence-corrected chi connectivity index (χ1v) is 9.17. The van der Waals surface area contributed by atoms with E-state index in [1.807, 2.05) is 23.1 Å². The summed E-state index contributed by atoms with van der Waals surface area (Å²) in [6, 6.07) is 7.77. The molecule has 1 aliphatic heterocycles. The summed E-state index contributed by atoms with van der Waals surface area (Å²) in [5, 5.41) is 2.00. The summed E-state index contributed by atoms with van der Waals surface area (Å²) in [4.78, 5) is 21.2. The van der Waals surface area contributed by atoms with Gasteiger partial charge in [0.05, 0.1) is 15.6 Å². The maximum Gasteiger partial charge on any atom is 0.225 e. The number of amides is 1. The maximum atomic E-state index is 12.3. The van der Waals surface area contributed by atoms with Gasteiger partial charge in [-0.3, -0.25) is 4.79 Å². The Labute approximate surface area is 151 Å². The van der Waals surface area contributed by atoms with E-state index in [1.165, 1.54) is 0 Å². The molecule has 4 nitrogen and oxygen atoms in total. The number of carbonyl (C=O) groups excluding carboxylic acids is 1. The second kappa shape index (κ2) is 6.41. The zero-order valence-electron chi connectivity index (χ0n) is 13.3. The Morgan fingerprint density at radius 3 is 2.62 bits per heavy atom. The van der Waals surface area contributed by atoms with Gasteiger partial charge in [0.2, 0.25) is 5.91 Å². The molecule has 4 rings (SSSR count). The third kappa shape index (κ3) is 3.05. The Kier molecular flexibility index (Phi) is 4.27. The molecule has 1 saturated heterocycles. The summed E-state index contributed by atoms with van der Waals surface area (Å²) in [7, 11) is 0. The predicted molar refractivity (Wildman–Crippen MR) is 97.9 cm³/mol. The van der Waals surface area contributed by atoms with Gasteiger partial charge in [-0.1, -0.05) is 29.3 Å². The van der Waals surface area contributed by atoms with Crippen molar-refractivity contribution in [1.82, 2.24) is 9.88 Å². The molecule has 1 aromatic heterocycles. The molecule has 0 unspecified atom stereocenters. The van der Waals surface area contributed by atoms with Gasteiger partial charge in [0, 0.05) is 37.5 Å². The number of halogens is 2. The second-order valence-electron chi connectivity index (χ2n) is 6.54. The summed E-state index contributed by atoms with van der Waals surface area (Å²) in [6.45, 7) is 3.30. The van der Waals surface area contributed by atoms with E-state index in [-0.39, 0.29) is 5.92 Å². The van der Waals surface area contributed by atoms with Crippen LogP contribution in [0.15, 0.2) is 24.3 Å². The van der Waals surface area contributed by atoms with Crippen LogP contribution in [0.4, 0.5) is 5.82 Å². The highest BCUT2D eigenvalue weighted by Crippen LogP contribution is 2.32. The topological polar surface area (TPSA) is 36.4 Å². The zero-order chi connectivity index (χ0) is 16.7. The van der Waals surface area contributed by atoms with Crippen molar-refractivity contribution in [3.8, 4) is 0 Å². The average molecular weight is 364 g/mol. The van der Waals surface area contributed by atoms with Gasteiger partial charge in [-0.15, -0.1) is 0 Å². The van der Waals surface area contributed by atoms with E-state index < -0.39 is 0 Å². The summed E-state index contributed by atoms with van der Waals surface area (Å²) >= 11 is 12.4. The smallest absolute Gasteiger partial charge is 0.225 e. The molecule has 0 N–H and O–H groups in total. The van der Waals surface area contributed by atoms with Gasteiger partial charge in [0.1, 0.15) is 5.82 Å². The van der Waals surface area contributed by atoms with Gasteiger partial charge >= 0.3 is 0 Å². The van der Waals surface area contributed by atoms with Crippen molar-refractivity contribution in [1.29, 1.82) is 0 Å². The molecule has 2 aromatic rings. The van der Waals surface area contributed by atoms with Crippen molar-refractivity contribution in [2.75, 3.05) is 31.1 Å². The fraction of sp³-hybridized carbons (Fsp3) is 0.444. The van der Waals surface area contributed by atoms with Gasteiger partial charge in [0.25, 0.3) is 0 Å². The molecule has 1 saturated carbocycles. The maximum absolute atomic E-state index is 12.3. The van der Waals surface area contributed by atoms with E-state index in [1.54, 1.807) is 6.07 Å². The largest absolute Gasteiger partial charge is 0.355 e. The van der Waals surface area contributed by atoms with Crippen LogP contribution < -0.4 is 4.90 Å². The molecule has 1 aliphatic carbocycles. The second-order valence-corrected chi connectivity index (χ2v) is 7.33. The minimum Gasteiger partial charge on any atom is -0.355 e. The fourth-order valence-corrected chi connectivity index (χ4v) is 3.62. The highest BCUT2D eigenvalue weighted by Gasteiger charge is 2.34. The van der Waals surface area contributed by atoms with Gasteiger partial charge in [0.15, 0.2) is 0 Å². The minimum absolute atomic E-state index is 0.288. The van der Waals surface area contributed by atoms with Gasteiger partial charge in [-0.2, -0.15) is 0 Å². The number of nitrogens with zero attached hydrogens (tertiary/aromatic N) is 3. The lowest BCUT2D eigenvalue weighted by Gasteiger charge is -2.23. The molecule has 126 valence electrons. The first-order chi connectivity index (χ1) is 11.6. The molecule has 2 fully saturated rings. The van der Waals surface area contributed by atoms with Crippen LogP contribution in [0.1, 0.15) is 19.3 Å². The molecule has 0 radical (unpaired) electrons. The van der Waals surface area contributed by atoms with Crippen LogP contribution in [0.3, 0.4) is 0 Å². The lowest BCUT2D eigenvalue weighted by molar-refractivity contribution is -0.132. The molecule has 2 heterocycles. The van der Waals surface area contributed by atoms with Crippen molar-refractivity contribution < 1.29 is 4.79 Å². The number of pyridine rings is 1. The fourth-order valence-electron chi connectivity index (χ4n) is 3.25. The third-order valence-corrected chi connectivity index (χ3v) is 5.59. The van der Waals surface area contributed by atoms with Crippen molar-refractivity contribution in [3.05, 3.63) is 34.3 Å². The molecular weight excluding hydrogens is 345 g/mol. The van der Waals surface area contributed by atoms with Crippen molar-refractivity contribution in [3.63, 3.8) is 0 Å². The molecular formula is C18H19Cl2N3O. The number of rotatable bonds is 2. The number of hydrogen-bond acceptors (Lipinski definition) is 3. The molecule has 0 spiro atoms. The number of aromatic nitrogens is 1. The first kappa shape index (κ1) is 16.0. The monoisotopic (exact) mass is 363 g/mol. The van der Waals surface area contributed by atoms with E-state index in [4.69, 9.17) is 28.2 Å². The zero-order valence-corrected chi connectivity index (χ0v) is 14.9. The van der Waals surface area contributed by atoms with Crippen molar-refractivity contribution >= 4 is 45.8 Å². The molecule has 1 aromatic carbocycles. The molecule has 2 aliphatic rings. The van der Waals surface area contributed by atoms with E-state index in [2.05, 4.69) is 4.90 Å². The number of carbonyl (C=O) groups is 1. The number of benzene rings is 1. The van der Waals surface area contributed by atoms with Gasteiger partial charge < -0.3 is 9.80 Å². The molecule has 6 heteroatoms. The van der Waals surface area contributed by atoms with Crippen LogP contribution >= 0.6 is 23.2 Å². The molecule has 24 heavy (non-hydrogen) atoms. The van der Waals surface area contributed by atoms with Crippen LogP contribution in [-0.2, 0) is 4.79 Å². The standard InChI is InChI=1S/C18H19Cl2N3O/c19-14-6-4-12-5-7-15(21-17(12)16(14)20)22-8-1-9-23(11-10-22)18(24)13-2-3-13/h4-7,13H,1-3,8-11H2. The Hall–Kier alpha value is -1.52. The van der Waals surface area contributed by atoms with E-state index in [9.17, 15) is 4.79 Å². The summed E-state index contributed by atoms with van der Waals surface area (Å²) < 4.78 is 0. The lowest BCUT2D eigenvalue weighted by Crippen LogP contribution is -2.36. The molecule has 0 bridgehead atoms. The normalized spacial score (nSPS) is 18.8. The van der Waals surface area contributed by atoms with Crippen molar-refractivity contribution in [2.45, 2.75) is 19.3 Å². The Morgan fingerprint density at radius 1 is 1.04 bits per heavy atom. The Morgan fingerprint density at radius 2 is 1.83 bits per heavy atom. The molecule has 1 amide bonds. The quantitative estimate of drug-likeness (QED) is 0.809. The Balaban J connectivity index is 1.56. The number of fused-ring (bicyclic) bond motifs is 1. The van der Waals surface area contributed by atoms with Crippen LogP contribution in [0.5, 0.6) is 0 Å². The van der Waals surface area contributed by atoms with E-state index in [0.29, 0.717) is 16.0 Å².